The number of halogens is 1. The first kappa shape index (κ1) is 16.0. The molecule has 1 aromatic heterocycles. The van der Waals surface area contributed by atoms with Gasteiger partial charge in [0.25, 0.3) is 5.91 Å². The molecule has 1 aromatic carbocycles. The van der Waals surface area contributed by atoms with Crippen LogP contribution in [0.25, 0.3) is 0 Å². The van der Waals surface area contributed by atoms with Gasteiger partial charge in [-0.2, -0.15) is 5.10 Å². The van der Waals surface area contributed by atoms with Gasteiger partial charge in [0.2, 0.25) is 0 Å². The molecule has 0 atom stereocenters. The van der Waals surface area contributed by atoms with Crippen LogP contribution in [0.2, 0.25) is 0 Å². The van der Waals surface area contributed by atoms with Gasteiger partial charge in [-0.15, -0.1) is 0 Å². The van der Waals surface area contributed by atoms with Crippen molar-refractivity contribution in [2.45, 2.75) is 0 Å². The summed E-state index contributed by atoms with van der Waals surface area (Å²) in [7, 11) is 3.09. The van der Waals surface area contributed by atoms with Gasteiger partial charge in [0.1, 0.15) is 0 Å². The third-order valence-electron chi connectivity index (χ3n) is 2.77. The van der Waals surface area contributed by atoms with E-state index in [4.69, 9.17) is 9.47 Å². The molecule has 6 nitrogen and oxygen atoms in total. The summed E-state index contributed by atoms with van der Waals surface area (Å²) in [5.41, 5.74) is 3.53. The van der Waals surface area contributed by atoms with Gasteiger partial charge in [0, 0.05) is 22.4 Å². The van der Waals surface area contributed by atoms with Crippen LogP contribution >= 0.6 is 15.9 Å². The maximum Gasteiger partial charge on any atom is 0.272 e. The van der Waals surface area contributed by atoms with Crippen LogP contribution in [0.4, 0.5) is 0 Å². The van der Waals surface area contributed by atoms with Gasteiger partial charge in [-0.05, 0) is 24.3 Å². The number of rotatable bonds is 5. The van der Waals surface area contributed by atoms with Crippen molar-refractivity contribution in [3.05, 3.63) is 52.3 Å². The highest BCUT2D eigenvalue weighted by Crippen LogP contribution is 2.33. The fourth-order valence-corrected chi connectivity index (χ4v) is 2.23. The van der Waals surface area contributed by atoms with Crippen LogP contribution in [-0.2, 0) is 0 Å². The minimum Gasteiger partial charge on any atom is -0.493 e. The smallest absolute Gasteiger partial charge is 0.272 e. The number of benzene rings is 1. The summed E-state index contributed by atoms with van der Waals surface area (Å²) in [6.07, 6.45) is 4.55. The highest BCUT2D eigenvalue weighted by molar-refractivity contribution is 9.10. The lowest BCUT2D eigenvalue weighted by Gasteiger charge is -2.10. The van der Waals surface area contributed by atoms with Gasteiger partial charge in [0.15, 0.2) is 11.5 Å². The molecule has 1 N–H and O–H groups in total. The van der Waals surface area contributed by atoms with E-state index < -0.39 is 0 Å². The molecule has 0 saturated carbocycles. The van der Waals surface area contributed by atoms with E-state index in [1.165, 1.54) is 19.5 Å². The predicted octanol–water partition coefficient (Wildman–Crippen LogP) is 2.63. The molecule has 0 spiro atoms. The molecular formula is C15H14BrN3O3. The minimum atomic E-state index is -0.342. The van der Waals surface area contributed by atoms with Gasteiger partial charge < -0.3 is 9.47 Å². The maximum atomic E-state index is 11.8. The van der Waals surface area contributed by atoms with Crippen molar-refractivity contribution in [1.29, 1.82) is 0 Å². The quantitative estimate of drug-likeness (QED) is 0.654. The zero-order valence-corrected chi connectivity index (χ0v) is 13.6. The number of aromatic nitrogens is 1. The first-order valence-electron chi connectivity index (χ1n) is 6.30. The summed E-state index contributed by atoms with van der Waals surface area (Å²) in [5.74, 6) is 0.757. The second-order valence-corrected chi connectivity index (χ2v) is 5.09. The predicted molar refractivity (Wildman–Crippen MR) is 86.5 cm³/mol. The maximum absolute atomic E-state index is 11.8. The zero-order chi connectivity index (χ0) is 15.9. The summed E-state index contributed by atoms with van der Waals surface area (Å²) in [6.45, 7) is 0. The number of pyridine rings is 1. The van der Waals surface area contributed by atoms with Crippen molar-refractivity contribution in [2.24, 2.45) is 5.10 Å². The topological polar surface area (TPSA) is 72.8 Å². The molecular weight excluding hydrogens is 350 g/mol. The Hall–Kier alpha value is -2.41. The molecule has 0 bridgehead atoms. The number of carbonyl (C=O) groups excluding carboxylic acids is 1. The minimum absolute atomic E-state index is 0.342. The Bertz CT molecular complexity index is 690. The van der Waals surface area contributed by atoms with Crippen molar-refractivity contribution >= 4 is 28.1 Å². The Morgan fingerprint density at radius 1 is 1.36 bits per heavy atom. The van der Waals surface area contributed by atoms with E-state index in [1.54, 1.807) is 37.6 Å². The standard InChI is InChI=1S/C15H14BrN3O3/c1-21-13-7-12(16)6-11(14(13)22-2)9-18-19-15(20)10-4-3-5-17-8-10/h3-9H,1-2H3,(H,19,20)/b18-9-. The van der Waals surface area contributed by atoms with Crippen molar-refractivity contribution < 1.29 is 14.3 Å². The number of hydrogen-bond acceptors (Lipinski definition) is 5. The molecule has 0 unspecified atom stereocenters. The van der Waals surface area contributed by atoms with Crippen molar-refractivity contribution in [1.82, 2.24) is 10.4 Å². The Labute approximate surface area is 136 Å². The molecule has 1 amide bonds. The molecule has 0 saturated heterocycles. The lowest BCUT2D eigenvalue weighted by atomic mass is 10.2. The fraction of sp³-hybridized carbons (Fsp3) is 0.133. The monoisotopic (exact) mass is 363 g/mol. The van der Waals surface area contributed by atoms with Crippen LogP contribution in [0.1, 0.15) is 15.9 Å². The van der Waals surface area contributed by atoms with Crippen LogP contribution in [0.3, 0.4) is 0 Å². The van der Waals surface area contributed by atoms with E-state index in [0.717, 1.165) is 4.47 Å². The number of ether oxygens (including phenoxy) is 2. The molecule has 22 heavy (non-hydrogen) atoms. The van der Waals surface area contributed by atoms with Crippen molar-refractivity contribution in [3.63, 3.8) is 0 Å². The number of hydrazone groups is 1. The highest BCUT2D eigenvalue weighted by atomic mass is 79.9. The summed E-state index contributed by atoms with van der Waals surface area (Å²) in [5, 5.41) is 3.93. The molecule has 114 valence electrons. The molecule has 0 fully saturated rings. The summed E-state index contributed by atoms with van der Waals surface area (Å²) >= 11 is 3.38. The molecule has 0 aliphatic heterocycles. The first-order valence-corrected chi connectivity index (χ1v) is 7.10. The molecule has 0 aliphatic rings. The number of carbonyl (C=O) groups is 1. The largest absolute Gasteiger partial charge is 0.493 e. The average Bonchev–Trinajstić information content (AvgIpc) is 2.55. The SMILES string of the molecule is COc1cc(Br)cc(/C=N\NC(=O)c2cccnc2)c1OC. The van der Waals surface area contributed by atoms with Crippen LogP contribution in [0.15, 0.2) is 46.2 Å². The van der Waals surface area contributed by atoms with Gasteiger partial charge in [0.05, 0.1) is 26.0 Å². The van der Waals surface area contributed by atoms with Crippen LogP contribution in [0, 0.1) is 0 Å². The Kier molecular flexibility index (Phi) is 5.48. The molecule has 1 heterocycles. The number of hydrogen-bond donors (Lipinski definition) is 1. The van der Waals surface area contributed by atoms with E-state index in [2.05, 4.69) is 31.4 Å². The normalized spacial score (nSPS) is 10.5. The third kappa shape index (κ3) is 3.82. The van der Waals surface area contributed by atoms with E-state index in [0.29, 0.717) is 22.6 Å². The van der Waals surface area contributed by atoms with Crippen LogP contribution in [0.5, 0.6) is 11.5 Å². The lowest BCUT2D eigenvalue weighted by Crippen LogP contribution is -2.17. The highest BCUT2D eigenvalue weighted by Gasteiger charge is 2.10. The van der Waals surface area contributed by atoms with Crippen LogP contribution in [-0.4, -0.2) is 31.3 Å². The number of amides is 1. The number of nitrogens with one attached hydrogen (secondary N) is 1. The van der Waals surface area contributed by atoms with Gasteiger partial charge >= 0.3 is 0 Å². The third-order valence-corrected chi connectivity index (χ3v) is 3.22. The van der Waals surface area contributed by atoms with Crippen molar-refractivity contribution in [2.75, 3.05) is 14.2 Å². The first-order chi connectivity index (χ1) is 10.7. The summed E-state index contributed by atoms with van der Waals surface area (Å²) in [4.78, 5) is 15.7. The molecule has 7 heteroatoms. The fourth-order valence-electron chi connectivity index (χ4n) is 1.78. The summed E-state index contributed by atoms with van der Waals surface area (Å²) < 4.78 is 11.4. The Morgan fingerprint density at radius 3 is 2.82 bits per heavy atom. The second kappa shape index (κ2) is 7.56. The molecule has 2 rings (SSSR count). The Balaban J connectivity index is 2.16. The van der Waals surface area contributed by atoms with Gasteiger partial charge in [-0.25, -0.2) is 5.43 Å². The average molecular weight is 364 g/mol. The van der Waals surface area contributed by atoms with Gasteiger partial charge in [-0.1, -0.05) is 15.9 Å². The molecule has 0 radical (unpaired) electrons. The van der Waals surface area contributed by atoms with E-state index in [1.807, 2.05) is 0 Å². The second-order valence-electron chi connectivity index (χ2n) is 4.17. The number of methoxy groups -OCH3 is 2. The lowest BCUT2D eigenvalue weighted by molar-refractivity contribution is 0.0955. The van der Waals surface area contributed by atoms with E-state index in [-0.39, 0.29) is 5.91 Å². The van der Waals surface area contributed by atoms with Crippen molar-refractivity contribution in [3.8, 4) is 11.5 Å². The molecule has 0 aliphatic carbocycles. The Morgan fingerprint density at radius 2 is 2.18 bits per heavy atom. The molecule has 2 aromatic rings. The van der Waals surface area contributed by atoms with E-state index >= 15 is 0 Å². The zero-order valence-electron chi connectivity index (χ0n) is 12.0. The summed E-state index contributed by atoms with van der Waals surface area (Å²) in [6, 6.07) is 6.92. The van der Waals surface area contributed by atoms with E-state index in [9.17, 15) is 4.79 Å². The number of nitrogens with zero attached hydrogens (tertiary/aromatic N) is 2. The van der Waals surface area contributed by atoms with Crippen LogP contribution < -0.4 is 14.9 Å². The van der Waals surface area contributed by atoms with Gasteiger partial charge in [-0.3, -0.25) is 9.78 Å².